The Balaban J connectivity index is 1.47. The zero-order valence-electron chi connectivity index (χ0n) is 13.3. The van der Waals surface area contributed by atoms with Crippen LogP contribution >= 0.6 is 0 Å². The van der Waals surface area contributed by atoms with Crippen molar-refractivity contribution in [3.8, 4) is 0 Å². The third kappa shape index (κ3) is 2.57. The van der Waals surface area contributed by atoms with Gasteiger partial charge in [0, 0.05) is 5.92 Å². The van der Waals surface area contributed by atoms with Crippen LogP contribution in [0, 0.1) is 17.3 Å². The first-order valence-electron chi connectivity index (χ1n) is 7.97. The monoisotopic (exact) mass is 332 g/mol. The topological polar surface area (TPSA) is 78.9 Å². The van der Waals surface area contributed by atoms with E-state index < -0.39 is 15.5 Å². The van der Waals surface area contributed by atoms with Crippen molar-refractivity contribution in [1.82, 2.24) is 0 Å². The first-order chi connectivity index (χ1) is 10.3. The highest BCUT2D eigenvalue weighted by Gasteiger charge is 2.64. The van der Waals surface area contributed by atoms with Gasteiger partial charge in [-0.1, -0.05) is 6.92 Å². The fourth-order valence-electron chi connectivity index (χ4n) is 3.77. The number of fused-ring (bicyclic) bond motifs is 1. The normalized spacial score (nSPS) is 38.4. The molecule has 0 N–H and O–H groups in total. The van der Waals surface area contributed by atoms with Gasteiger partial charge in [-0.3, -0.25) is 8.98 Å². The Kier molecular flexibility index (Phi) is 4.02. The Hall–Kier alpha value is -0.660. The van der Waals surface area contributed by atoms with Crippen molar-refractivity contribution in [3.63, 3.8) is 0 Å². The third-order valence-electron chi connectivity index (χ3n) is 5.48. The average Bonchev–Trinajstić information content (AvgIpc) is 3.06. The fraction of sp³-hybridized carbons (Fsp3) is 0.933. The first kappa shape index (κ1) is 16.2. The van der Waals surface area contributed by atoms with Crippen molar-refractivity contribution in [3.05, 3.63) is 0 Å². The van der Waals surface area contributed by atoms with Crippen molar-refractivity contribution in [2.75, 3.05) is 13.2 Å². The minimum atomic E-state index is -3.40. The van der Waals surface area contributed by atoms with Gasteiger partial charge in [-0.05, 0) is 39.0 Å². The molecule has 3 rings (SSSR count). The molecule has 3 aliphatic rings. The van der Waals surface area contributed by atoms with Crippen LogP contribution in [0.3, 0.4) is 0 Å². The molecule has 1 heterocycles. The van der Waals surface area contributed by atoms with Crippen LogP contribution < -0.4 is 0 Å². The van der Waals surface area contributed by atoms with Crippen molar-refractivity contribution in [2.45, 2.75) is 57.5 Å². The smallest absolute Gasteiger partial charge is 0.311 e. The largest absolute Gasteiger partial charge is 0.463 e. The molecule has 1 aliphatic heterocycles. The van der Waals surface area contributed by atoms with Crippen LogP contribution in [0.4, 0.5) is 0 Å². The molecular weight excluding hydrogens is 308 g/mol. The van der Waals surface area contributed by atoms with E-state index in [0.29, 0.717) is 12.8 Å². The number of ether oxygens (including phenoxy) is 2. The Morgan fingerprint density at radius 1 is 1.27 bits per heavy atom. The van der Waals surface area contributed by atoms with Gasteiger partial charge in [-0.2, -0.15) is 8.42 Å². The second-order valence-corrected chi connectivity index (χ2v) is 8.98. The fourth-order valence-corrected chi connectivity index (χ4v) is 5.65. The number of esters is 1. The maximum Gasteiger partial charge on any atom is 0.311 e. The molecule has 6 nitrogen and oxygen atoms in total. The van der Waals surface area contributed by atoms with E-state index in [1.807, 2.05) is 20.8 Å². The minimum Gasteiger partial charge on any atom is -0.463 e. The summed E-state index contributed by atoms with van der Waals surface area (Å²) in [6, 6.07) is 0. The van der Waals surface area contributed by atoms with Gasteiger partial charge in [0.05, 0.1) is 23.4 Å². The summed E-state index contributed by atoms with van der Waals surface area (Å²) in [7, 11) is -3.40. The predicted octanol–water partition coefficient (Wildman–Crippen LogP) is 1.49. The molecule has 5 unspecified atom stereocenters. The van der Waals surface area contributed by atoms with E-state index in [0.717, 1.165) is 6.42 Å². The third-order valence-corrected chi connectivity index (χ3v) is 7.25. The summed E-state index contributed by atoms with van der Waals surface area (Å²) >= 11 is 0. The van der Waals surface area contributed by atoms with E-state index in [-0.39, 0.29) is 48.5 Å². The van der Waals surface area contributed by atoms with E-state index in [1.165, 1.54) is 0 Å². The number of hydrogen-bond donors (Lipinski definition) is 0. The van der Waals surface area contributed by atoms with Crippen molar-refractivity contribution in [1.29, 1.82) is 0 Å². The lowest BCUT2D eigenvalue weighted by Gasteiger charge is -2.25. The lowest BCUT2D eigenvalue weighted by molar-refractivity contribution is -0.157. The van der Waals surface area contributed by atoms with Crippen molar-refractivity contribution < 1.29 is 26.9 Å². The molecule has 0 radical (unpaired) electrons. The number of rotatable bonds is 6. The summed E-state index contributed by atoms with van der Waals surface area (Å²) < 4.78 is 39.9. The van der Waals surface area contributed by atoms with Crippen LogP contribution in [0.15, 0.2) is 0 Å². The standard InChI is InChI=1S/C15H24O6S/c1-4-15(2,3)14(16)20-6-5-19-12-9-7-10-11(8-9)22(17,18)21-13(10)12/h9-13H,4-8H2,1-3H3. The van der Waals surface area contributed by atoms with Crippen LogP contribution in [0.5, 0.6) is 0 Å². The molecule has 0 aromatic rings. The molecule has 2 saturated carbocycles. The Bertz CT molecular complexity index is 554. The van der Waals surface area contributed by atoms with E-state index in [9.17, 15) is 13.2 Å². The van der Waals surface area contributed by atoms with Crippen LogP contribution in [0.25, 0.3) is 0 Å². The van der Waals surface area contributed by atoms with Crippen LogP contribution in [0.2, 0.25) is 0 Å². The Morgan fingerprint density at radius 3 is 2.68 bits per heavy atom. The molecule has 7 heteroatoms. The summed E-state index contributed by atoms with van der Waals surface area (Å²) in [5, 5.41) is -0.328. The summed E-state index contributed by atoms with van der Waals surface area (Å²) in [4.78, 5) is 11.9. The van der Waals surface area contributed by atoms with Gasteiger partial charge in [-0.15, -0.1) is 0 Å². The maximum absolute atomic E-state index is 11.9. The van der Waals surface area contributed by atoms with E-state index in [1.54, 1.807) is 0 Å². The first-order valence-corrected chi connectivity index (χ1v) is 9.44. The summed E-state index contributed by atoms with van der Waals surface area (Å²) in [5.41, 5.74) is -0.484. The molecule has 3 fully saturated rings. The molecule has 2 bridgehead atoms. The van der Waals surface area contributed by atoms with E-state index in [2.05, 4.69) is 0 Å². The molecule has 0 aromatic carbocycles. The van der Waals surface area contributed by atoms with Crippen LogP contribution in [-0.2, 0) is 28.6 Å². The van der Waals surface area contributed by atoms with E-state index >= 15 is 0 Å². The average molecular weight is 332 g/mol. The zero-order valence-corrected chi connectivity index (χ0v) is 14.1. The van der Waals surface area contributed by atoms with Gasteiger partial charge < -0.3 is 9.47 Å². The van der Waals surface area contributed by atoms with Gasteiger partial charge >= 0.3 is 5.97 Å². The summed E-state index contributed by atoms with van der Waals surface area (Å²) in [5.74, 6) is 0.105. The predicted molar refractivity (Wildman–Crippen MR) is 78.6 cm³/mol. The maximum atomic E-state index is 11.9. The van der Waals surface area contributed by atoms with Gasteiger partial charge in [0.2, 0.25) is 0 Å². The van der Waals surface area contributed by atoms with Gasteiger partial charge in [0.15, 0.2) is 0 Å². The quantitative estimate of drug-likeness (QED) is 0.416. The van der Waals surface area contributed by atoms with Crippen molar-refractivity contribution >= 4 is 16.1 Å². The highest BCUT2D eigenvalue weighted by molar-refractivity contribution is 7.87. The summed E-state index contributed by atoms with van der Waals surface area (Å²) in [6.07, 6.45) is 1.69. The molecule has 0 spiro atoms. The Morgan fingerprint density at radius 2 is 2.00 bits per heavy atom. The minimum absolute atomic E-state index is 0.0848. The molecule has 0 amide bonds. The van der Waals surface area contributed by atoms with Gasteiger partial charge in [0.1, 0.15) is 12.7 Å². The number of carbonyl (C=O) groups is 1. The molecule has 126 valence electrons. The molecule has 1 saturated heterocycles. The van der Waals surface area contributed by atoms with Crippen molar-refractivity contribution in [2.24, 2.45) is 17.3 Å². The Labute approximate surface area is 131 Å². The summed E-state index contributed by atoms with van der Waals surface area (Å²) in [6.45, 7) is 6.12. The number of hydrogen-bond acceptors (Lipinski definition) is 6. The molecular formula is C15H24O6S. The van der Waals surface area contributed by atoms with Crippen LogP contribution in [-0.4, -0.2) is 45.1 Å². The van der Waals surface area contributed by atoms with E-state index in [4.69, 9.17) is 13.7 Å². The lowest BCUT2D eigenvalue weighted by atomic mass is 9.91. The zero-order chi connectivity index (χ0) is 16.1. The number of carbonyl (C=O) groups excluding carboxylic acids is 1. The highest BCUT2D eigenvalue weighted by Crippen LogP contribution is 2.55. The molecule has 2 aliphatic carbocycles. The lowest BCUT2D eigenvalue weighted by Crippen LogP contribution is -2.36. The molecule has 0 aromatic heterocycles. The van der Waals surface area contributed by atoms with Gasteiger partial charge in [0.25, 0.3) is 10.1 Å². The van der Waals surface area contributed by atoms with Crippen LogP contribution in [0.1, 0.15) is 40.0 Å². The van der Waals surface area contributed by atoms with Gasteiger partial charge in [-0.25, -0.2) is 0 Å². The second kappa shape index (κ2) is 5.46. The molecule has 22 heavy (non-hydrogen) atoms. The second-order valence-electron chi connectivity index (χ2n) is 7.20. The SMILES string of the molecule is CCC(C)(C)C(=O)OCCOC1C2CC3C1OS(=O)(=O)C3C2. The highest BCUT2D eigenvalue weighted by atomic mass is 32.2. The molecule has 5 atom stereocenters.